The molecule has 0 amide bonds. The van der Waals surface area contributed by atoms with Gasteiger partial charge in [0.1, 0.15) is 11.6 Å². The zero-order chi connectivity index (χ0) is 21.3. The lowest BCUT2D eigenvalue weighted by atomic mass is 10.1. The highest BCUT2D eigenvalue weighted by Crippen LogP contribution is 2.28. The molecule has 0 N–H and O–H groups in total. The summed E-state index contributed by atoms with van der Waals surface area (Å²) in [6.07, 6.45) is 1.02. The Bertz CT molecular complexity index is 1010. The van der Waals surface area contributed by atoms with E-state index in [1.807, 2.05) is 19.0 Å². The van der Waals surface area contributed by atoms with E-state index in [2.05, 4.69) is 4.90 Å². The van der Waals surface area contributed by atoms with Crippen molar-refractivity contribution in [3.63, 3.8) is 0 Å². The second kappa shape index (κ2) is 8.44. The van der Waals surface area contributed by atoms with Crippen LogP contribution in [0.25, 0.3) is 0 Å². The van der Waals surface area contributed by atoms with Crippen molar-refractivity contribution in [2.75, 3.05) is 63.3 Å². The molecular formula is C20H26FN5O3S. The van der Waals surface area contributed by atoms with E-state index in [9.17, 15) is 12.8 Å². The second-order valence-corrected chi connectivity index (χ2v) is 9.56. The number of hydrogen-bond donors (Lipinski definition) is 0. The van der Waals surface area contributed by atoms with Crippen LogP contribution in [0.15, 0.2) is 29.2 Å². The number of morpholine rings is 1. The minimum atomic E-state index is -3.71. The Balaban J connectivity index is 1.63. The molecular weight excluding hydrogens is 409 g/mol. The van der Waals surface area contributed by atoms with E-state index in [0.717, 1.165) is 30.2 Å². The van der Waals surface area contributed by atoms with E-state index in [-0.39, 0.29) is 4.90 Å². The minimum absolute atomic E-state index is 0.0998. The van der Waals surface area contributed by atoms with Crippen molar-refractivity contribution in [3.8, 4) is 0 Å². The number of aromatic nitrogens is 2. The summed E-state index contributed by atoms with van der Waals surface area (Å²) in [5.41, 5.74) is 1.86. The van der Waals surface area contributed by atoms with Crippen molar-refractivity contribution in [1.29, 1.82) is 0 Å². The summed E-state index contributed by atoms with van der Waals surface area (Å²) >= 11 is 0. The summed E-state index contributed by atoms with van der Waals surface area (Å²) in [4.78, 5) is 13.7. The van der Waals surface area contributed by atoms with Crippen LogP contribution in [0.5, 0.6) is 0 Å². The van der Waals surface area contributed by atoms with Crippen molar-refractivity contribution in [1.82, 2.24) is 14.3 Å². The molecule has 30 heavy (non-hydrogen) atoms. The van der Waals surface area contributed by atoms with E-state index in [4.69, 9.17) is 14.7 Å². The predicted octanol–water partition coefficient (Wildman–Crippen LogP) is 1.31. The first kappa shape index (κ1) is 21.0. The maximum atomic E-state index is 13.2. The Hall–Kier alpha value is -2.30. The van der Waals surface area contributed by atoms with Gasteiger partial charge in [-0.25, -0.2) is 17.8 Å². The zero-order valence-corrected chi connectivity index (χ0v) is 18.0. The Morgan fingerprint density at radius 3 is 2.33 bits per heavy atom. The third-order valence-electron chi connectivity index (χ3n) is 5.44. The number of rotatable bonds is 4. The number of hydrogen-bond acceptors (Lipinski definition) is 7. The molecule has 1 aromatic carbocycles. The van der Waals surface area contributed by atoms with Gasteiger partial charge in [-0.2, -0.15) is 9.29 Å². The molecule has 3 heterocycles. The first-order chi connectivity index (χ1) is 14.4. The summed E-state index contributed by atoms with van der Waals surface area (Å²) in [5, 5.41) is 0. The van der Waals surface area contributed by atoms with Crippen LogP contribution in [0, 0.1) is 5.82 Å². The average molecular weight is 436 g/mol. The van der Waals surface area contributed by atoms with Gasteiger partial charge in [-0.3, -0.25) is 0 Å². The smallest absolute Gasteiger partial charge is 0.243 e. The number of halogens is 1. The van der Waals surface area contributed by atoms with Crippen LogP contribution in [0.3, 0.4) is 0 Å². The molecule has 4 rings (SSSR count). The summed E-state index contributed by atoms with van der Waals surface area (Å²) in [6.45, 7) is 3.39. The van der Waals surface area contributed by atoms with Gasteiger partial charge < -0.3 is 14.5 Å². The van der Waals surface area contributed by atoms with Gasteiger partial charge in [0.05, 0.1) is 23.8 Å². The van der Waals surface area contributed by atoms with Gasteiger partial charge in [0.15, 0.2) is 0 Å². The number of nitrogens with zero attached hydrogens (tertiary/aromatic N) is 5. The molecule has 0 unspecified atom stereocenters. The van der Waals surface area contributed by atoms with Crippen molar-refractivity contribution in [3.05, 3.63) is 41.3 Å². The Morgan fingerprint density at radius 1 is 1.00 bits per heavy atom. The molecule has 162 valence electrons. The first-order valence-corrected chi connectivity index (χ1v) is 11.5. The van der Waals surface area contributed by atoms with Crippen molar-refractivity contribution in [2.45, 2.75) is 17.7 Å². The fourth-order valence-electron chi connectivity index (χ4n) is 3.82. The van der Waals surface area contributed by atoms with Crippen LogP contribution in [0.4, 0.5) is 16.2 Å². The summed E-state index contributed by atoms with van der Waals surface area (Å²) in [6, 6.07) is 4.96. The van der Waals surface area contributed by atoms with Crippen LogP contribution in [-0.2, 0) is 27.6 Å². The molecule has 0 radical (unpaired) electrons. The fraction of sp³-hybridized carbons (Fsp3) is 0.500. The lowest BCUT2D eigenvalue weighted by molar-refractivity contribution is 0.122. The van der Waals surface area contributed by atoms with Crippen molar-refractivity contribution in [2.24, 2.45) is 0 Å². The molecule has 1 fully saturated rings. The third kappa shape index (κ3) is 4.12. The highest BCUT2D eigenvalue weighted by atomic mass is 32.2. The highest BCUT2D eigenvalue weighted by Gasteiger charge is 2.29. The van der Waals surface area contributed by atoms with Crippen LogP contribution in [-0.4, -0.2) is 76.2 Å². The molecule has 0 saturated carbocycles. The van der Waals surface area contributed by atoms with E-state index in [1.165, 1.54) is 28.6 Å². The lowest BCUT2D eigenvalue weighted by Crippen LogP contribution is -2.38. The predicted molar refractivity (Wildman–Crippen MR) is 112 cm³/mol. The van der Waals surface area contributed by atoms with Crippen LogP contribution >= 0.6 is 0 Å². The van der Waals surface area contributed by atoms with E-state index in [0.29, 0.717) is 45.1 Å². The fourth-order valence-corrected chi connectivity index (χ4v) is 5.26. The molecule has 8 nitrogen and oxygen atoms in total. The molecule has 1 aromatic heterocycles. The molecule has 10 heteroatoms. The maximum Gasteiger partial charge on any atom is 0.243 e. The monoisotopic (exact) mass is 435 g/mol. The molecule has 0 atom stereocenters. The van der Waals surface area contributed by atoms with E-state index < -0.39 is 15.8 Å². The van der Waals surface area contributed by atoms with Gasteiger partial charge in [0.25, 0.3) is 0 Å². The van der Waals surface area contributed by atoms with E-state index >= 15 is 0 Å². The van der Waals surface area contributed by atoms with Gasteiger partial charge in [0.2, 0.25) is 16.0 Å². The number of sulfonamides is 1. The number of fused-ring (bicyclic) bond motifs is 1. The van der Waals surface area contributed by atoms with E-state index in [1.54, 1.807) is 0 Å². The van der Waals surface area contributed by atoms with Crippen molar-refractivity contribution < 1.29 is 17.5 Å². The molecule has 1 saturated heterocycles. The Labute approximate surface area is 176 Å². The average Bonchev–Trinajstić information content (AvgIpc) is 2.97. The summed E-state index contributed by atoms with van der Waals surface area (Å²) in [7, 11) is 0.163. The van der Waals surface area contributed by atoms with Crippen LogP contribution < -0.4 is 9.80 Å². The van der Waals surface area contributed by atoms with Gasteiger partial charge >= 0.3 is 0 Å². The molecule has 2 aliphatic rings. The van der Waals surface area contributed by atoms with Crippen LogP contribution in [0.2, 0.25) is 0 Å². The highest BCUT2D eigenvalue weighted by molar-refractivity contribution is 7.89. The van der Waals surface area contributed by atoms with Gasteiger partial charge in [-0.15, -0.1) is 0 Å². The SMILES string of the molecule is CN(C)c1nc(N2CCOCC2)nc2c1CCN(S(=O)(=O)c1ccc(F)cc1)CC2. The first-order valence-electron chi connectivity index (χ1n) is 10.0. The van der Waals surface area contributed by atoms with Gasteiger partial charge in [-0.05, 0) is 30.7 Å². The third-order valence-corrected chi connectivity index (χ3v) is 7.35. The Kier molecular flexibility index (Phi) is 5.90. The zero-order valence-electron chi connectivity index (χ0n) is 17.2. The van der Waals surface area contributed by atoms with Gasteiger partial charge in [-0.1, -0.05) is 0 Å². The molecule has 0 aliphatic carbocycles. The minimum Gasteiger partial charge on any atom is -0.378 e. The van der Waals surface area contributed by atoms with Crippen LogP contribution in [0.1, 0.15) is 11.3 Å². The molecule has 2 aromatic rings. The lowest BCUT2D eigenvalue weighted by Gasteiger charge is -2.28. The topological polar surface area (TPSA) is 78.9 Å². The number of ether oxygens (including phenoxy) is 1. The molecule has 2 aliphatic heterocycles. The number of benzene rings is 1. The number of anilines is 2. The van der Waals surface area contributed by atoms with Crippen molar-refractivity contribution >= 4 is 21.8 Å². The standard InChI is InChI=1S/C20H26FN5O3S/c1-24(2)19-17-7-9-26(30(27,28)16-5-3-15(21)4-6-16)10-8-18(17)22-20(23-19)25-11-13-29-14-12-25/h3-6H,7-14H2,1-2H3. The Morgan fingerprint density at radius 2 is 1.67 bits per heavy atom. The van der Waals surface area contributed by atoms with Gasteiger partial charge in [0, 0.05) is 52.3 Å². The summed E-state index contributed by atoms with van der Waals surface area (Å²) < 4.78 is 46.3. The molecule has 0 bridgehead atoms. The second-order valence-electron chi connectivity index (χ2n) is 7.62. The normalized spacial score (nSPS) is 18.0. The quantitative estimate of drug-likeness (QED) is 0.716. The molecule has 0 spiro atoms. The summed E-state index contributed by atoms with van der Waals surface area (Å²) in [5.74, 6) is 1.02. The largest absolute Gasteiger partial charge is 0.378 e. The maximum absolute atomic E-state index is 13.2.